The first-order chi connectivity index (χ1) is 13.0. The third kappa shape index (κ3) is 4.77. The van der Waals surface area contributed by atoms with Gasteiger partial charge in [-0.25, -0.2) is 13.4 Å². The Labute approximate surface area is 159 Å². The summed E-state index contributed by atoms with van der Waals surface area (Å²) in [7, 11) is -3.67. The monoisotopic (exact) mass is 383 g/mol. The summed E-state index contributed by atoms with van der Waals surface area (Å²) in [6, 6.07) is 17.6. The number of hydrogen-bond acceptors (Lipinski definition) is 5. The molecule has 6 nitrogen and oxygen atoms in total. The molecule has 3 rings (SSSR count). The molecule has 0 saturated carbocycles. The van der Waals surface area contributed by atoms with E-state index in [4.69, 9.17) is 4.74 Å². The number of nitrogens with one attached hydrogen (secondary N) is 2. The minimum Gasteiger partial charge on any atom is -0.492 e. The molecule has 0 spiro atoms. The average Bonchev–Trinajstić information content (AvgIpc) is 2.65. The van der Waals surface area contributed by atoms with Gasteiger partial charge in [0.1, 0.15) is 11.6 Å². The van der Waals surface area contributed by atoms with Gasteiger partial charge < -0.3 is 10.1 Å². The van der Waals surface area contributed by atoms with Crippen molar-refractivity contribution in [2.75, 3.05) is 16.6 Å². The number of pyridine rings is 1. The van der Waals surface area contributed by atoms with Crippen LogP contribution in [0.2, 0.25) is 0 Å². The quantitative estimate of drug-likeness (QED) is 0.635. The zero-order valence-corrected chi connectivity index (χ0v) is 16.0. The van der Waals surface area contributed by atoms with Crippen molar-refractivity contribution in [1.82, 2.24) is 4.98 Å². The molecule has 0 saturated heterocycles. The predicted octanol–water partition coefficient (Wildman–Crippen LogP) is 4.33. The minimum atomic E-state index is -3.67. The van der Waals surface area contributed by atoms with Crippen molar-refractivity contribution in [1.29, 1.82) is 0 Å². The average molecular weight is 383 g/mol. The standard InChI is InChI=1S/C20H21N3O3S/c1-3-26-19-7-5-4-6-18(19)22-16-10-13-20(21-14-16)23-27(24,25)17-11-8-15(2)9-12-17/h4-14,22H,3H2,1-2H3,(H,21,23). The number of aromatic nitrogens is 1. The number of nitrogens with zero attached hydrogens (tertiary/aromatic N) is 1. The SMILES string of the molecule is CCOc1ccccc1Nc1ccc(NS(=O)(=O)c2ccc(C)cc2)nc1. The summed E-state index contributed by atoms with van der Waals surface area (Å²) >= 11 is 0. The molecule has 1 aromatic heterocycles. The molecule has 3 aromatic rings. The van der Waals surface area contributed by atoms with Crippen LogP contribution < -0.4 is 14.8 Å². The van der Waals surface area contributed by atoms with Crippen LogP contribution in [0.3, 0.4) is 0 Å². The molecule has 2 aromatic carbocycles. The number of rotatable bonds is 7. The molecule has 0 amide bonds. The number of benzene rings is 2. The summed E-state index contributed by atoms with van der Waals surface area (Å²) < 4.78 is 32.9. The molecular formula is C20H21N3O3S. The van der Waals surface area contributed by atoms with Crippen LogP contribution >= 0.6 is 0 Å². The molecule has 2 N–H and O–H groups in total. The van der Waals surface area contributed by atoms with Gasteiger partial charge in [0.05, 0.1) is 29.1 Å². The zero-order valence-electron chi connectivity index (χ0n) is 15.1. The van der Waals surface area contributed by atoms with Gasteiger partial charge in [-0.05, 0) is 50.2 Å². The first-order valence-electron chi connectivity index (χ1n) is 8.52. The van der Waals surface area contributed by atoms with Crippen molar-refractivity contribution in [3.8, 4) is 5.75 Å². The van der Waals surface area contributed by atoms with E-state index in [-0.39, 0.29) is 10.7 Å². The van der Waals surface area contributed by atoms with Gasteiger partial charge in [-0.2, -0.15) is 0 Å². The van der Waals surface area contributed by atoms with Crippen LogP contribution in [0.5, 0.6) is 5.75 Å². The van der Waals surface area contributed by atoms with Crippen molar-refractivity contribution in [2.45, 2.75) is 18.7 Å². The smallest absolute Gasteiger partial charge is 0.263 e. The second-order valence-electron chi connectivity index (χ2n) is 5.90. The maximum Gasteiger partial charge on any atom is 0.263 e. The largest absolute Gasteiger partial charge is 0.492 e. The highest BCUT2D eigenvalue weighted by Gasteiger charge is 2.14. The maximum atomic E-state index is 12.4. The van der Waals surface area contributed by atoms with Gasteiger partial charge in [0, 0.05) is 0 Å². The van der Waals surface area contributed by atoms with E-state index in [1.807, 2.05) is 38.1 Å². The lowest BCUT2D eigenvalue weighted by Gasteiger charge is -2.12. The first kappa shape index (κ1) is 18.7. The zero-order chi connectivity index (χ0) is 19.3. The summed E-state index contributed by atoms with van der Waals surface area (Å²) in [6.07, 6.45) is 1.57. The fraction of sp³-hybridized carbons (Fsp3) is 0.150. The molecule has 27 heavy (non-hydrogen) atoms. The van der Waals surface area contributed by atoms with Gasteiger partial charge >= 0.3 is 0 Å². The minimum absolute atomic E-state index is 0.197. The highest BCUT2D eigenvalue weighted by atomic mass is 32.2. The van der Waals surface area contributed by atoms with Crippen LogP contribution in [-0.4, -0.2) is 20.0 Å². The number of aryl methyl sites for hydroxylation is 1. The van der Waals surface area contributed by atoms with Crippen LogP contribution in [0.4, 0.5) is 17.2 Å². The Morgan fingerprint density at radius 2 is 1.74 bits per heavy atom. The molecule has 0 aliphatic heterocycles. The summed E-state index contributed by atoms with van der Waals surface area (Å²) in [5.74, 6) is 0.989. The predicted molar refractivity (Wildman–Crippen MR) is 107 cm³/mol. The van der Waals surface area contributed by atoms with Crippen molar-refractivity contribution >= 4 is 27.2 Å². The highest BCUT2D eigenvalue weighted by molar-refractivity contribution is 7.92. The van der Waals surface area contributed by atoms with E-state index in [0.717, 1.165) is 22.7 Å². The van der Waals surface area contributed by atoms with Gasteiger partial charge in [0.25, 0.3) is 10.0 Å². The topological polar surface area (TPSA) is 80.3 Å². The Hall–Kier alpha value is -3.06. The van der Waals surface area contributed by atoms with Crippen LogP contribution in [0.1, 0.15) is 12.5 Å². The third-order valence-corrected chi connectivity index (χ3v) is 5.17. The number of para-hydroxylation sites is 2. The Morgan fingerprint density at radius 3 is 2.41 bits per heavy atom. The molecule has 1 heterocycles. The fourth-order valence-electron chi connectivity index (χ4n) is 2.45. The van der Waals surface area contributed by atoms with Gasteiger partial charge in [0.2, 0.25) is 0 Å². The molecule has 0 aliphatic carbocycles. The van der Waals surface area contributed by atoms with Gasteiger partial charge in [-0.15, -0.1) is 0 Å². The second-order valence-corrected chi connectivity index (χ2v) is 7.59. The molecular weight excluding hydrogens is 362 g/mol. The molecule has 0 unspecified atom stereocenters. The van der Waals surface area contributed by atoms with E-state index < -0.39 is 10.0 Å². The van der Waals surface area contributed by atoms with E-state index in [1.165, 1.54) is 0 Å². The van der Waals surface area contributed by atoms with E-state index >= 15 is 0 Å². The molecule has 140 valence electrons. The number of ether oxygens (including phenoxy) is 1. The van der Waals surface area contributed by atoms with Crippen LogP contribution in [0.15, 0.2) is 71.8 Å². The molecule has 0 atom stereocenters. The maximum absolute atomic E-state index is 12.4. The first-order valence-corrected chi connectivity index (χ1v) is 10.0. The highest BCUT2D eigenvalue weighted by Crippen LogP contribution is 2.27. The lowest BCUT2D eigenvalue weighted by molar-refractivity contribution is 0.342. The van der Waals surface area contributed by atoms with Crippen LogP contribution in [0, 0.1) is 6.92 Å². The molecule has 0 fully saturated rings. The fourth-order valence-corrected chi connectivity index (χ4v) is 3.46. The van der Waals surface area contributed by atoms with E-state index in [0.29, 0.717) is 6.61 Å². The van der Waals surface area contributed by atoms with Crippen molar-refractivity contribution in [3.05, 3.63) is 72.4 Å². The van der Waals surface area contributed by atoms with Gasteiger partial charge in [-0.1, -0.05) is 29.8 Å². The lowest BCUT2D eigenvalue weighted by atomic mass is 10.2. The summed E-state index contributed by atoms with van der Waals surface area (Å²) in [5, 5.41) is 3.22. The summed E-state index contributed by atoms with van der Waals surface area (Å²) in [6.45, 7) is 4.39. The van der Waals surface area contributed by atoms with Crippen LogP contribution in [0.25, 0.3) is 0 Å². The van der Waals surface area contributed by atoms with Gasteiger partial charge in [0.15, 0.2) is 0 Å². The van der Waals surface area contributed by atoms with Crippen molar-refractivity contribution < 1.29 is 13.2 Å². The van der Waals surface area contributed by atoms with E-state index in [2.05, 4.69) is 15.0 Å². The van der Waals surface area contributed by atoms with E-state index in [9.17, 15) is 8.42 Å². The molecule has 0 radical (unpaired) electrons. The van der Waals surface area contributed by atoms with E-state index in [1.54, 1.807) is 42.6 Å². The van der Waals surface area contributed by atoms with Crippen molar-refractivity contribution in [2.24, 2.45) is 0 Å². The Morgan fingerprint density at radius 1 is 1.00 bits per heavy atom. The number of hydrogen-bond donors (Lipinski definition) is 2. The second kappa shape index (κ2) is 8.09. The molecule has 0 aliphatic rings. The number of sulfonamides is 1. The normalized spacial score (nSPS) is 11.0. The van der Waals surface area contributed by atoms with Crippen molar-refractivity contribution in [3.63, 3.8) is 0 Å². The van der Waals surface area contributed by atoms with Crippen LogP contribution in [-0.2, 0) is 10.0 Å². The molecule has 0 bridgehead atoms. The summed E-state index contributed by atoms with van der Waals surface area (Å²) in [5.41, 5.74) is 2.53. The lowest BCUT2D eigenvalue weighted by Crippen LogP contribution is -2.13. The van der Waals surface area contributed by atoms with Gasteiger partial charge in [-0.3, -0.25) is 4.72 Å². The Bertz CT molecular complexity index is 1000. The summed E-state index contributed by atoms with van der Waals surface area (Å²) in [4.78, 5) is 4.38. The number of anilines is 3. The molecule has 7 heteroatoms. The Kier molecular flexibility index (Phi) is 5.61. The third-order valence-electron chi connectivity index (χ3n) is 3.80. The Balaban J connectivity index is 1.73.